The zero-order valence-corrected chi connectivity index (χ0v) is 13.9. The van der Waals surface area contributed by atoms with Crippen LogP contribution < -0.4 is 10.1 Å². The highest BCUT2D eigenvalue weighted by atomic mass is 19.1. The van der Waals surface area contributed by atoms with Crippen LogP contribution in [0.1, 0.15) is 34.8 Å². The number of fused-ring (bicyclic) bond motifs is 1. The first-order valence-electron chi connectivity index (χ1n) is 8.40. The molecule has 1 amide bonds. The van der Waals surface area contributed by atoms with E-state index in [1.54, 1.807) is 41.3 Å². The van der Waals surface area contributed by atoms with Gasteiger partial charge in [0.25, 0.3) is 5.91 Å². The van der Waals surface area contributed by atoms with Crippen molar-refractivity contribution < 1.29 is 13.9 Å². The lowest BCUT2D eigenvalue weighted by molar-refractivity contribution is 0.0934. The van der Waals surface area contributed by atoms with E-state index in [1.807, 2.05) is 0 Å². The van der Waals surface area contributed by atoms with Crippen LogP contribution in [0.3, 0.4) is 0 Å². The lowest BCUT2D eigenvalue weighted by Crippen LogP contribution is -2.28. The Morgan fingerprint density at radius 2 is 2.23 bits per heavy atom. The Labute approximate surface area is 149 Å². The van der Waals surface area contributed by atoms with Crippen LogP contribution in [-0.4, -0.2) is 27.3 Å². The van der Waals surface area contributed by atoms with E-state index in [0.29, 0.717) is 35.7 Å². The summed E-state index contributed by atoms with van der Waals surface area (Å²) in [7, 11) is 0. The predicted molar refractivity (Wildman–Crippen MR) is 92.7 cm³/mol. The molecule has 1 atom stereocenters. The Kier molecular flexibility index (Phi) is 4.35. The van der Waals surface area contributed by atoms with Crippen LogP contribution in [-0.2, 0) is 0 Å². The van der Waals surface area contributed by atoms with Crippen LogP contribution in [0.2, 0.25) is 0 Å². The van der Waals surface area contributed by atoms with Crippen molar-refractivity contribution in [2.24, 2.45) is 0 Å². The average molecular weight is 352 g/mol. The zero-order valence-electron chi connectivity index (χ0n) is 13.9. The van der Waals surface area contributed by atoms with E-state index >= 15 is 0 Å². The minimum Gasteiger partial charge on any atom is -0.493 e. The summed E-state index contributed by atoms with van der Waals surface area (Å²) in [6.45, 7) is 0.547. The number of hydrogen-bond donors (Lipinski definition) is 1. The van der Waals surface area contributed by atoms with Gasteiger partial charge in [-0.3, -0.25) is 4.79 Å². The van der Waals surface area contributed by atoms with Gasteiger partial charge in [-0.1, -0.05) is 0 Å². The molecule has 2 aromatic heterocycles. The third-order valence-electron chi connectivity index (χ3n) is 4.30. The average Bonchev–Trinajstić information content (AvgIpc) is 3.13. The van der Waals surface area contributed by atoms with Crippen LogP contribution in [0, 0.1) is 5.82 Å². The molecule has 0 fully saturated rings. The quantitative estimate of drug-likeness (QED) is 0.787. The Morgan fingerprint density at radius 1 is 1.31 bits per heavy atom. The van der Waals surface area contributed by atoms with E-state index in [1.165, 1.54) is 18.3 Å². The summed E-state index contributed by atoms with van der Waals surface area (Å²) in [6, 6.07) is 9.31. The molecule has 0 aliphatic carbocycles. The fraction of sp³-hybridized carbons (Fsp3) is 0.211. The third kappa shape index (κ3) is 3.28. The van der Waals surface area contributed by atoms with Crippen LogP contribution >= 0.6 is 0 Å². The molecule has 0 unspecified atom stereocenters. The minimum atomic E-state index is -0.348. The first-order valence-corrected chi connectivity index (χ1v) is 8.40. The number of benzene rings is 1. The van der Waals surface area contributed by atoms with Crippen molar-refractivity contribution in [2.45, 2.75) is 18.9 Å². The molecule has 4 rings (SSSR count). The number of carbonyl (C=O) groups is 1. The number of pyridine rings is 1. The fourth-order valence-corrected chi connectivity index (χ4v) is 3.00. The summed E-state index contributed by atoms with van der Waals surface area (Å²) in [5.74, 6) is 0.633. The first kappa shape index (κ1) is 16.3. The maximum atomic E-state index is 13.7. The van der Waals surface area contributed by atoms with Crippen LogP contribution in [0.25, 0.3) is 5.82 Å². The van der Waals surface area contributed by atoms with Gasteiger partial charge < -0.3 is 10.1 Å². The van der Waals surface area contributed by atoms with Crippen molar-refractivity contribution in [3.05, 3.63) is 71.9 Å². The maximum absolute atomic E-state index is 13.7. The second-order valence-corrected chi connectivity index (χ2v) is 6.05. The number of aromatic nitrogens is 3. The van der Waals surface area contributed by atoms with Crippen molar-refractivity contribution in [1.82, 2.24) is 20.1 Å². The molecule has 0 saturated heterocycles. The molecule has 1 aromatic carbocycles. The van der Waals surface area contributed by atoms with Crippen molar-refractivity contribution in [3.8, 4) is 11.6 Å². The van der Waals surface area contributed by atoms with Gasteiger partial charge in [0.2, 0.25) is 0 Å². The zero-order chi connectivity index (χ0) is 17.9. The van der Waals surface area contributed by atoms with E-state index in [4.69, 9.17) is 4.74 Å². The summed E-state index contributed by atoms with van der Waals surface area (Å²) in [6.07, 6.45) is 6.40. The molecule has 3 heterocycles. The summed E-state index contributed by atoms with van der Waals surface area (Å²) < 4.78 is 20.9. The molecular formula is C19H17FN4O2. The molecule has 1 aliphatic heterocycles. The summed E-state index contributed by atoms with van der Waals surface area (Å²) in [5.41, 5.74) is 1.10. The number of nitrogens with one attached hydrogen (secondary N) is 1. The predicted octanol–water partition coefficient (Wildman–Crippen LogP) is 3.05. The van der Waals surface area contributed by atoms with Crippen LogP contribution in [0.4, 0.5) is 4.39 Å². The van der Waals surface area contributed by atoms with Gasteiger partial charge in [-0.15, -0.1) is 0 Å². The van der Waals surface area contributed by atoms with E-state index in [9.17, 15) is 9.18 Å². The molecule has 3 aromatic rings. The number of hydrogen-bond acceptors (Lipinski definition) is 4. The highest BCUT2D eigenvalue weighted by Gasteiger charge is 2.22. The van der Waals surface area contributed by atoms with Gasteiger partial charge in [0.1, 0.15) is 11.6 Å². The second-order valence-electron chi connectivity index (χ2n) is 6.05. The van der Waals surface area contributed by atoms with Gasteiger partial charge in [-0.25, -0.2) is 14.1 Å². The number of nitrogens with zero attached hydrogens (tertiary/aromatic N) is 3. The number of halogens is 1. The van der Waals surface area contributed by atoms with Crippen molar-refractivity contribution in [2.75, 3.05) is 6.61 Å². The van der Waals surface area contributed by atoms with E-state index in [2.05, 4.69) is 15.4 Å². The van der Waals surface area contributed by atoms with Crippen molar-refractivity contribution in [3.63, 3.8) is 0 Å². The van der Waals surface area contributed by atoms with Crippen molar-refractivity contribution in [1.29, 1.82) is 0 Å². The van der Waals surface area contributed by atoms with E-state index in [0.717, 1.165) is 6.42 Å². The standard InChI is InChI=1S/C19H17FN4O2/c20-14-5-6-17-15(11-14)16(3-1-10-26-17)23-19(25)13-4-7-18(21-12-13)24-9-2-8-22-24/h2,4-9,11-12,16H,1,3,10H2,(H,23,25)/t16-/m0/s1. The Balaban J connectivity index is 1.54. The number of ether oxygens (including phenoxy) is 1. The highest BCUT2D eigenvalue weighted by Crippen LogP contribution is 2.32. The van der Waals surface area contributed by atoms with Crippen molar-refractivity contribution >= 4 is 5.91 Å². The van der Waals surface area contributed by atoms with Gasteiger partial charge >= 0.3 is 0 Å². The molecule has 0 saturated carbocycles. The molecule has 0 radical (unpaired) electrons. The molecule has 7 heteroatoms. The van der Waals surface area contributed by atoms with Gasteiger partial charge in [0.15, 0.2) is 5.82 Å². The summed E-state index contributed by atoms with van der Waals surface area (Å²) in [4.78, 5) is 16.9. The maximum Gasteiger partial charge on any atom is 0.253 e. The largest absolute Gasteiger partial charge is 0.493 e. The lowest BCUT2D eigenvalue weighted by Gasteiger charge is -2.18. The summed E-state index contributed by atoms with van der Waals surface area (Å²) >= 11 is 0. The third-order valence-corrected chi connectivity index (χ3v) is 4.30. The van der Waals surface area contributed by atoms with Gasteiger partial charge in [0, 0.05) is 24.2 Å². The molecule has 6 nitrogen and oxygen atoms in total. The topological polar surface area (TPSA) is 69.0 Å². The molecule has 1 N–H and O–H groups in total. The number of amides is 1. The van der Waals surface area contributed by atoms with Gasteiger partial charge in [-0.2, -0.15) is 5.10 Å². The van der Waals surface area contributed by atoms with Gasteiger partial charge in [-0.05, 0) is 49.2 Å². The van der Waals surface area contributed by atoms with E-state index in [-0.39, 0.29) is 17.8 Å². The summed E-state index contributed by atoms with van der Waals surface area (Å²) in [5, 5.41) is 7.07. The van der Waals surface area contributed by atoms with Crippen LogP contribution in [0.5, 0.6) is 5.75 Å². The molecule has 132 valence electrons. The highest BCUT2D eigenvalue weighted by molar-refractivity contribution is 5.94. The second kappa shape index (κ2) is 6.95. The molecule has 26 heavy (non-hydrogen) atoms. The minimum absolute atomic E-state index is 0.258. The number of carbonyl (C=O) groups excluding carboxylic acids is 1. The lowest BCUT2D eigenvalue weighted by atomic mass is 10.0. The Bertz CT molecular complexity index is 910. The SMILES string of the molecule is O=C(N[C@H]1CCCOc2ccc(F)cc21)c1ccc(-n2cccn2)nc1. The normalized spacial score (nSPS) is 16.3. The Hall–Kier alpha value is -3.22. The van der Waals surface area contributed by atoms with E-state index < -0.39 is 0 Å². The monoisotopic (exact) mass is 352 g/mol. The molecule has 0 bridgehead atoms. The Morgan fingerprint density at radius 3 is 3.00 bits per heavy atom. The van der Waals surface area contributed by atoms with Gasteiger partial charge in [0.05, 0.1) is 18.2 Å². The first-order chi connectivity index (χ1) is 12.7. The molecule has 1 aliphatic rings. The van der Waals surface area contributed by atoms with Crippen LogP contribution in [0.15, 0.2) is 55.0 Å². The molecule has 0 spiro atoms. The number of rotatable bonds is 3. The molecular weight excluding hydrogens is 335 g/mol. The fourth-order valence-electron chi connectivity index (χ4n) is 3.00. The smallest absolute Gasteiger partial charge is 0.253 e.